The van der Waals surface area contributed by atoms with E-state index in [0.717, 1.165) is 199 Å². The summed E-state index contributed by atoms with van der Waals surface area (Å²) in [6, 6.07) is 0. The van der Waals surface area contributed by atoms with Crippen molar-refractivity contribution >= 4 is 83.6 Å². The third kappa shape index (κ3) is 47.4. The van der Waals surface area contributed by atoms with Crippen LogP contribution in [0, 0.1) is 32.5 Å². The van der Waals surface area contributed by atoms with Gasteiger partial charge in [0.25, 0.3) is 0 Å². The third-order valence-electron chi connectivity index (χ3n) is 26.7. The molecule has 6 saturated carbocycles. The molecule has 30 heteroatoms. The normalized spacial score (nSPS) is 17.5. The molecule has 0 N–H and O–H groups in total. The molecule has 0 atom stereocenters. The molecule has 6 fully saturated rings. The van der Waals surface area contributed by atoms with Crippen LogP contribution in [-0.2, 0) is 143 Å². The monoisotopic (exact) mass is 1850 g/mol. The molecule has 752 valence electrons. The zero-order valence-electron chi connectivity index (χ0n) is 84.6. The fraction of sp³-hybridized carbons (Fsp3) is 0.860. The number of esters is 14. The van der Waals surface area contributed by atoms with E-state index in [1.54, 1.807) is 27.7 Å². The van der Waals surface area contributed by atoms with Crippen LogP contribution in [0.3, 0.4) is 0 Å². The highest BCUT2D eigenvalue weighted by Gasteiger charge is 2.41. The zero-order valence-corrected chi connectivity index (χ0v) is 84.6. The second-order valence-electron chi connectivity index (χ2n) is 40.2. The fourth-order valence-electron chi connectivity index (χ4n) is 14.4. The maximum atomic E-state index is 12.0. The maximum absolute atomic E-state index is 12.0. The van der Waals surface area contributed by atoms with Crippen molar-refractivity contribution < 1.29 is 143 Å². The Balaban J connectivity index is 0.000000781. The van der Waals surface area contributed by atoms with E-state index in [0.29, 0.717) is 19.3 Å². The second kappa shape index (κ2) is 59.3. The predicted molar refractivity (Wildman–Crippen MR) is 488 cm³/mol. The molecular formula is C100H172O30. The van der Waals surface area contributed by atoms with Gasteiger partial charge in [-0.15, -0.1) is 0 Å². The molecule has 0 unspecified atom stereocenters. The van der Waals surface area contributed by atoms with Crippen molar-refractivity contribution in [3.05, 3.63) is 0 Å². The zero-order chi connectivity index (χ0) is 98.8. The van der Waals surface area contributed by atoms with Gasteiger partial charge in [0, 0.05) is 0 Å². The van der Waals surface area contributed by atoms with E-state index >= 15 is 0 Å². The van der Waals surface area contributed by atoms with Crippen LogP contribution < -0.4 is 0 Å². The minimum atomic E-state index is -0.756. The van der Waals surface area contributed by atoms with Gasteiger partial charge in [0.1, 0.15) is 73.2 Å². The van der Waals surface area contributed by atoms with E-state index < -0.39 is 106 Å². The number of rotatable bonds is 45. The second-order valence-corrected chi connectivity index (χ2v) is 40.2. The van der Waals surface area contributed by atoms with Gasteiger partial charge in [-0.3, -0.25) is 38.4 Å². The molecule has 0 amide bonds. The van der Waals surface area contributed by atoms with Gasteiger partial charge in [-0.2, -0.15) is 0 Å². The first-order valence-corrected chi connectivity index (χ1v) is 48.5. The first kappa shape index (κ1) is 121. The molecular weight excluding hydrogens is 1680 g/mol. The van der Waals surface area contributed by atoms with Gasteiger partial charge < -0.3 is 75.8 Å². The van der Waals surface area contributed by atoms with Gasteiger partial charge in [-0.05, 0) is 316 Å². The lowest BCUT2D eigenvalue weighted by Gasteiger charge is -2.36. The lowest BCUT2D eigenvalue weighted by molar-refractivity contribution is -0.176. The van der Waals surface area contributed by atoms with Crippen LogP contribution in [0.25, 0.3) is 0 Å². The SMILES string of the molecule is CCC(C)(C)C(=O)OCC(=O)OCC(=O)OC1(C)CCCC1.CCC(C)(C)C(=O)OCCC(=O)OC1(C)CCCC1.CCC(C)(C)C(=O)OCCOCC(=O)OC1(C)CCCC1.CCC1(OC(=O)CCOC(=O)C(C)(C)CC)CCCCC1.CCC1(OC(=O)COC(=O)COC(=O)C(C)(C)CC)CCCCC1.CCC1(OC(=O)COCCOC(=O)C(C)(C)CC)CCCCC1. The van der Waals surface area contributed by atoms with Crippen molar-refractivity contribution in [1.82, 2.24) is 0 Å². The molecule has 0 aromatic rings. The first-order valence-electron chi connectivity index (χ1n) is 48.5. The molecule has 0 aromatic heterocycles. The Morgan fingerprint density at radius 2 is 0.400 bits per heavy atom. The number of carbonyl (C=O) groups is 14. The molecule has 0 radical (unpaired) electrons. The molecule has 0 spiro atoms. The Hall–Kier alpha value is -7.50. The molecule has 130 heavy (non-hydrogen) atoms. The van der Waals surface area contributed by atoms with E-state index in [1.165, 1.54) is 12.8 Å². The van der Waals surface area contributed by atoms with Crippen LogP contribution in [0.1, 0.15) is 410 Å². The fourth-order valence-corrected chi connectivity index (χ4v) is 14.4. The van der Waals surface area contributed by atoms with Crippen LogP contribution in [-0.4, -0.2) is 196 Å². The molecule has 6 rings (SSSR count). The Kier molecular flexibility index (Phi) is 55.0. The average Bonchev–Trinajstić information content (AvgIpc) is 1.26. The number of hydrogen-bond acceptors (Lipinski definition) is 30. The van der Waals surface area contributed by atoms with Gasteiger partial charge in [0.05, 0.1) is 58.5 Å². The highest BCUT2D eigenvalue weighted by atomic mass is 16.6. The number of hydrogen-bond donors (Lipinski definition) is 0. The smallest absolute Gasteiger partial charge is 0.344 e. The Labute approximate surface area is 778 Å². The standard InChI is InChI=1S/C18H30O6.C18H32O5.C17H30O4.C16H26O6.C16H28O5.C15H26O4/c1-5-17(3,4)16(21)23-12-14(19)22-13-15(20)24-18(6-2)10-8-7-9-11-18;1-5-17(3,4)16(20)22-13-12-21-14-15(19)23-18(6-2)10-8-7-9-11-18;1-5-16(3,4)15(19)20-13-10-14(18)21-17(6-2)11-8-7-9-12-17;1-5-15(2,3)14(19)21-10-12(17)20-11-13(18)22-16(4)8-6-7-9-16;1-5-15(2,3)14(18)20-11-10-19-12-13(17)21-16(4)8-6-7-9-16;1-5-14(2,3)13(17)18-11-8-12(16)19-15(4)9-6-7-10-15/h5-13H2,1-4H3;5-14H2,1-4H3;5-13H2,1-4H3;5-11H2,1-4H3;5-12H2,1-4H3;5-11H2,1-4H3. The summed E-state index contributed by atoms with van der Waals surface area (Å²) in [6.45, 7) is 44.1. The summed E-state index contributed by atoms with van der Waals surface area (Å²) >= 11 is 0. The Morgan fingerprint density at radius 1 is 0.208 bits per heavy atom. The summed E-state index contributed by atoms with van der Waals surface area (Å²) in [5.74, 6) is -5.73. The minimum absolute atomic E-state index is 0.0868. The van der Waals surface area contributed by atoms with Crippen LogP contribution in [0.5, 0.6) is 0 Å². The van der Waals surface area contributed by atoms with Crippen molar-refractivity contribution in [2.24, 2.45) is 32.5 Å². The largest absolute Gasteiger partial charge is 0.465 e. The molecule has 0 aliphatic heterocycles. The number of carbonyl (C=O) groups excluding carboxylic acids is 14. The minimum Gasteiger partial charge on any atom is -0.465 e. The lowest BCUT2D eigenvalue weighted by atomic mass is 9.83. The maximum Gasteiger partial charge on any atom is 0.344 e. The summed E-state index contributed by atoms with van der Waals surface area (Å²) in [5.41, 5.74) is -5.27. The van der Waals surface area contributed by atoms with Gasteiger partial charge in [0.15, 0.2) is 26.4 Å². The van der Waals surface area contributed by atoms with Crippen molar-refractivity contribution in [3.63, 3.8) is 0 Å². The van der Waals surface area contributed by atoms with Crippen molar-refractivity contribution in [2.75, 3.05) is 79.3 Å². The highest BCUT2D eigenvalue weighted by molar-refractivity contribution is 5.83. The van der Waals surface area contributed by atoms with E-state index in [9.17, 15) is 67.1 Å². The predicted octanol–water partition coefficient (Wildman–Crippen LogP) is 19.3. The quantitative estimate of drug-likeness (QED) is 0.0310. The van der Waals surface area contributed by atoms with Crippen LogP contribution in [0.4, 0.5) is 0 Å². The van der Waals surface area contributed by atoms with Crippen molar-refractivity contribution in [1.29, 1.82) is 0 Å². The molecule has 0 heterocycles. The van der Waals surface area contributed by atoms with Gasteiger partial charge >= 0.3 is 83.6 Å². The van der Waals surface area contributed by atoms with Crippen LogP contribution in [0.2, 0.25) is 0 Å². The molecule has 6 aliphatic carbocycles. The summed E-state index contributed by atoms with van der Waals surface area (Å²) < 4.78 is 83.6. The van der Waals surface area contributed by atoms with Crippen LogP contribution in [0.15, 0.2) is 0 Å². The molecule has 0 aromatic carbocycles. The van der Waals surface area contributed by atoms with Crippen molar-refractivity contribution in [2.45, 2.75) is 444 Å². The molecule has 0 saturated heterocycles. The average molecular weight is 1850 g/mol. The topological polar surface area (TPSA) is 387 Å². The lowest BCUT2D eigenvalue weighted by Crippen LogP contribution is -2.38. The molecule has 0 bridgehead atoms. The van der Waals surface area contributed by atoms with Gasteiger partial charge in [-0.25, -0.2) is 28.8 Å². The summed E-state index contributed by atoms with van der Waals surface area (Å²) in [4.78, 5) is 164. The Morgan fingerprint density at radius 3 is 0.654 bits per heavy atom. The highest BCUT2D eigenvalue weighted by Crippen LogP contribution is 2.40. The van der Waals surface area contributed by atoms with E-state index in [1.807, 2.05) is 125 Å². The third-order valence-corrected chi connectivity index (χ3v) is 26.7. The van der Waals surface area contributed by atoms with E-state index in [-0.39, 0.29) is 136 Å². The van der Waals surface area contributed by atoms with E-state index in [2.05, 4.69) is 13.8 Å². The summed E-state index contributed by atoms with van der Waals surface area (Å²) in [6.07, 6.45) is 34.4. The van der Waals surface area contributed by atoms with Gasteiger partial charge in [0.2, 0.25) is 0 Å². The van der Waals surface area contributed by atoms with Crippen LogP contribution >= 0.6 is 0 Å². The Bertz CT molecular complexity index is 3430. The molecule has 30 nitrogen and oxygen atoms in total. The van der Waals surface area contributed by atoms with E-state index in [4.69, 9.17) is 75.8 Å². The first-order chi connectivity index (χ1) is 60.7. The summed E-state index contributed by atoms with van der Waals surface area (Å²) in [7, 11) is 0. The van der Waals surface area contributed by atoms with Gasteiger partial charge in [-0.1, -0.05) is 81.6 Å². The number of ether oxygens (including phenoxy) is 16. The summed E-state index contributed by atoms with van der Waals surface area (Å²) in [5, 5.41) is 0. The molecule has 6 aliphatic rings. The van der Waals surface area contributed by atoms with Crippen molar-refractivity contribution in [3.8, 4) is 0 Å².